The first kappa shape index (κ1) is 12.0. The van der Waals surface area contributed by atoms with Gasteiger partial charge in [0.25, 0.3) is 0 Å². The van der Waals surface area contributed by atoms with E-state index in [0.29, 0.717) is 18.3 Å². The molecule has 0 unspecified atom stereocenters. The van der Waals surface area contributed by atoms with Crippen molar-refractivity contribution in [3.05, 3.63) is 0 Å². The van der Waals surface area contributed by atoms with E-state index < -0.39 is 11.4 Å². The molecule has 4 heteroatoms. The van der Waals surface area contributed by atoms with Crippen LogP contribution in [0.3, 0.4) is 0 Å². The molecule has 0 aromatic heterocycles. The largest absolute Gasteiger partial charge is 0.481 e. The number of carboxylic acid groups (broad SMARTS) is 1. The molecule has 4 nitrogen and oxygen atoms in total. The van der Waals surface area contributed by atoms with Crippen LogP contribution in [0, 0.1) is 16.7 Å². The van der Waals surface area contributed by atoms with Crippen LogP contribution in [0.15, 0.2) is 0 Å². The van der Waals surface area contributed by atoms with Crippen molar-refractivity contribution in [2.75, 3.05) is 6.54 Å². The molecule has 0 aliphatic heterocycles. The number of nitrogens with one attached hydrogen (secondary N) is 1. The van der Waals surface area contributed by atoms with Crippen molar-refractivity contribution in [1.29, 1.82) is 0 Å². The molecule has 0 bridgehead atoms. The molecule has 0 aromatic rings. The zero-order chi connectivity index (χ0) is 12.8. The molecule has 3 saturated carbocycles. The van der Waals surface area contributed by atoms with Gasteiger partial charge in [-0.1, -0.05) is 6.42 Å². The Bertz CT molecular complexity index is 379. The molecule has 0 saturated heterocycles. The number of rotatable bonds is 6. The SMILES string of the molecule is O=C(CC1(C(=O)O)CCC1)NCC1(C2CC2)CC1. The van der Waals surface area contributed by atoms with Gasteiger partial charge in [0.1, 0.15) is 0 Å². The first-order valence-electron chi connectivity index (χ1n) is 7.07. The van der Waals surface area contributed by atoms with E-state index in [1.807, 2.05) is 0 Å². The Morgan fingerprint density at radius 2 is 1.83 bits per heavy atom. The highest BCUT2D eigenvalue weighted by atomic mass is 16.4. The number of carboxylic acids is 1. The molecule has 3 rings (SSSR count). The van der Waals surface area contributed by atoms with Crippen LogP contribution in [0.4, 0.5) is 0 Å². The maximum absolute atomic E-state index is 11.9. The number of carbonyl (C=O) groups excluding carboxylic acids is 1. The fraction of sp³-hybridized carbons (Fsp3) is 0.857. The van der Waals surface area contributed by atoms with Crippen LogP contribution >= 0.6 is 0 Å². The predicted molar refractivity (Wildman–Crippen MR) is 65.9 cm³/mol. The number of carbonyl (C=O) groups is 2. The van der Waals surface area contributed by atoms with Crippen molar-refractivity contribution in [1.82, 2.24) is 5.32 Å². The van der Waals surface area contributed by atoms with Crippen LogP contribution < -0.4 is 5.32 Å². The van der Waals surface area contributed by atoms with Crippen LogP contribution in [0.1, 0.15) is 51.4 Å². The summed E-state index contributed by atoms with van der Waals surface area (Å²) in [4.78, 5) is 23.1. The minimum Gasteiger partial charge on any atom is -0.481 e. The first-order valence-corrected chi connectivity index (χ1v) is 7.07. The van der Waals surface area contributed by atoms with Crippen molar-refractivity contribution in [2.24, 2.45) is 16.7 Å². The second-order valence-electron chi connectivity index (χ2n) is 6.53. The molecule has 18 heavy (non-hydrogen) atoms. The lowest BCUT2D eigenvalue weighted by molar-refractivity contribution is -0.157. The van der Waals surface area contributed by atoms with E-state index in [4.69, 9.17) is 0 Å². The summed E-state index contributed by atoms with van der Waals surface area (Å²) in [7, 11) is 0. The third-order valence-corrected chi connectivity index (χ3v) is 5.24. The third-order valence-electron chi connectivity index (χ3n) is 5.24. The Balaban J connectivity index is 1.48. The second kappa shape index (κ2) is 3.97. The highest BCUT2D eigenvalue weighted by Gasteiger charge is 2.54. The standard InChI is InChI=1S/C14H21NO3/c16-11(8-13(12(17)18)4-1-5-13)15-9-14(6-7-14)10-2-3-10/h10H,1-9H2,(H,15,16)(H,17,18). The Morgan fingerprint density at radius 3 is 2.22 bits per heavy atom. The zero-order valence-corrected chi connectivity index (χ0v) is 10.7. The molecular weight excluding hydrogens is 230 g/mol. The maximum Gasteiger partial charge on any atom is 0.310 e. The Labute approximate surface area is 107 Å². The lowest BCUT2D eigenvalue weighted by Crippen LogP contribution is -2.43. The van der Waals surface area contributed by atoms with Gasteiger partial charge in [0, 0.05) is 13.0 Å². The summed E-state index contributed by atoms with van der Waals surface area (Å²) in [6.07, 6.45) is 7.52. The molecule has 0 heterocycles. The smallest absolute Gasteiger partial charge is 0.310 e. The van der Waals surface area contributed by atoms with Crippen molar-refractivity contribution < 1.29 is 14.7 Å². The Kier molecular flexibility index (Phi) is 2.65. The first-order chi connectivity index (χ1) is 8.56. The molecule has 0 aromatic carbocycles. The van der Waals surface area contributed by atoms with Crippen LogP contribution in [0.2, 0.25) is 0 Å². The van der Waals surface area contributed by atoms with E-state index in [1.165, 1.54) is 25.7 Å². The molecule has 1 amide bonds. The van der Waals surface area contributed by atoms with Gasteiger partial charge in [-0.25, -0.2) is 0 Å². The topological polar surface area (TPSA) is 66.4 Å². The van der Waals surface area contributed by atoms with Crippen LogP contribution in [0.25, 0.3) is 0 Å². The summed E-state index contributed by atoms with van der Waals surface area (Å²) in [5, 5.41) is 12.2. The van der Waals surface area contributed by atoms with E-state index in [9.17, 15) is 14.7 Å². The van der Waals surface area contributed by atoms with E-state index in [1.54, 1.807) is 0 Å². The highest BCUT2D eigenvalue weighted by molar-refractivity contribution is 5.85. The van der Waals surface area contributed by atoms with E-state index in [0.717, 1.165) is 18.9 Å². The maximum atomic E-state index is 11.9. The Hall–Kier alpha value is -1.06. The molecule has 3 aliphatic rings. The monoisotopic (exact) mass is 251 g/mol. The quantitative estimate of drug-likeness (QED) is 0.758. The average molecular weight is 251 g/mol. The molecule has 2 N–H and O–H groups in total. The third kappa shape index (κ3) is 2.02. The van der Waals surface area contributed by atoms with E-state index in [2.05, 4.69) is 5.32 Å². The fourth-order valence-electron chi connectivity index (χ4n) is 3.30. The lowest BCUT2D eigenvalue weighted by Gasteiger charge is -2.37. The van der Waals surface area contributed by atoms with Gasteiger partial charge in [0.15, 0.2) is 0 Å². The molecule has 3 aliphatic carbocycles. The van der Waals surface area contributed by atoms with E-state index >= 15 is 0 Å². The summed E-state index contributed by atoms with van der Waals surface area (Å²) in [6.45, 7) is 0.770. The molecular formula is C14H21NO3. The van der Waals surface area contributed by atoms with Gasteiger partial charge in [-0.15, -0.1) is 0 Å². The lowest BCUT2D eigenvalue weighted by atomic mass is 9.66. The number of aliphatic carboxylic acids is 1. The second-order valence-corrected chi connectivity index (χ2v) is 6.53. The Morgan fingerprint density at radius 1 is 1.17 bits per heavy atom. The van der Waals surface area contributed by atoms with Gasteiger partial charge in [-0.05, 0) is 49.9 Å². The molecule has 0 atom stereocenters. The fourth-order valence-corrected chi connectivity index (χ4v) is 3.30. The van der Waals surface area contributed by atoms with Gasteiger partial charge >= 0.3 is 5.97 Å². The average Bonchev–Trinajstić information content (AvgIpc) is 3.12. The minimum absolute atomic E-state index is 0.0657. The van der Waals surface area contributed by atoms with Crippen molar-refractivity contribution in [3.8, 4) is 0 Å². The number of hydrogen-bond acceptors (Lipinski definition) is 2. The van der Waals surface area contributed by atoms with Crippen LogP contribution in [-0.4, -0.2) is 23.5 Å². The molecule has 0 radical (unpaired) electrons. The highest BCUT2D eigenvalue weighted by Crippen LogP contribution is 2.60. The van der Waals surface area contributed by atoms with Gasteiger partial charge in [-0.2, -0.15) is 0 Å². The number of amides is 1. The summed E-state index contributed by atoms with van der Waals surface area (Å²) in [5.41, 5.74) is -0.355. The van der Waals surface area contributed by atoms with Crippen LogP contribution in [0.5, 0.6) is 0 Å². The minimum atomic E-state index is -0.799. The zero-order valence-electron chi connectivity index (χ0n) is 10.7. The summed E-state index contributed by atoms with van der Waals surface area (Å²) < 4.78 is 0. The van der Waals surface area contributed by atoms with Crippen molar-refractivity contribution in [3.63, 3.8) is 0 Å². The van der Waals surface area contributed by atoms with Crippen molar-refractivity contribution >= 4 is 11.9 Å². The normalized spacial score (nSPS) is 27.1. The van der Waals surface area contributed by atoms with E-state index in [-0.39, 0.29) is 12.3 Å². The summed E-state index contributed by atoms with van der Waals surface area (Å²) in [6, 6.07) is 0. The summed E-state index contributed by atoms with van der Waals surface area (Å²) >= 11 is 0. The van der Waals surface area contributed by atoms with Gasteiger partial charge in [-0.3, -0.25) is 9.59 Å². The molecule has 0 spiro atoms. The van der Waals surface area contributed by atoms with Gasteiger partial charge in [0.2, 0.25) is 5.91 Å². The summed E-state index contributed by atoms with van der Waals surface area (Å²) in [5.74, 6) is -0.0359. The number of hydrogen-bond donors (Lipinski definition) is 2. The van der Waals surface area contributed by atoms with Gasteiger partial charge < -0.3 is 10.4 Å². The molecule has 3 fully saturated rings. The molecule has 100 valence electrons. The predicted octanol–water partition coefficient (Wildman–Crippen LogP) is 1.94. The van der Waals surface area contributed by atoms with Gasteiger partial charge in [0.05, 0.1) is 5.41 Å². The van der Waals surface area contributed by atoms with Crippen molar-refractivity contribution in [2.45, 2.75) is 51.4 Å². The van der Waals surface area contributed by atoms with Crippen LogP contribution in [-0.2, 0) is 9.59 Å².